The molecule has 58 valence electrons. The van der Waals surface area contributed by atoms with E-state index in [2.05, 4.69) is 5.32 Å². The lowest BCUT2D eigenvalue weighted by Gasteiger charge is -2.41. The number of hydrogen-bond acceptors (Lipinski definition) is 2. The Morgan fingerprint density at radius 3 is 2.80 bits per heavy atom. The lowest BCUT2D eigenvalue weighted by molar-refractivity contribution is 0.131. The molecule has 2 rings (SSSR count). The van der Waals surface area contributed by atoms with Gasteiger partial charge >= 0.3 is 0 Å². The normalized spacial score (nSPS) is 47.1. The highest BCUT2D eigenvalue weighted by atomic mass is 14.9. The first-order valence-electron chi connectivity index (χ1n) is 4.34. The molecule has 3 unspecified atom stereocenters. The SMILES string of the molecule is NC1CC2CCNCCC12. The van der Waals surface area contributed by atoms with E-state index in [4.69, 9.17) is 5.73 Å². The molecule has 0 aromatic rings. The Kier molecular flexibility index (Phi) is 1.66. The molecule has 10 heavy (non-hydrogen) atoms. The Hall–Kier alpha value is -0.0800. The summed E-state index contributed by atoms with van der Waals surface area (Å²) in [5.74, 6) is 1.82. The van der Waals surface area contributed by atoms with Crippen molar-refractivity contribution in [2.75, 3.05) is 13.1 Å². The van der Waals surface area contributed by atoms with Crippen LogP contribution in [0, 0.1) is 11.8 Å². The van der Waals surface area contributed by atoms with Gasteiger partial charge in [0.1, 0.15) is 0 Å². The molecule has 0 bridgehead atoms. The summed E-state index contributed by atoms with van der Waals surface area (Å²) in [4.78, 5) is 0. The first kappa shape index (κ1) is 6.62. The van der Waals surface area contributed by atoms with Crippen LogP contribution in [0.3, 0.4) is 0 Å². The van der Waals surface area contributed by atoms with Gasteiger partial charge in [0.15, 0.2) is 0 Å². The minimum absolute atomic E-state index is 0.532. The van der Waals surface area contributed by atoms with Crippen LogP contribution in [0.15, 0.2) is 0 Å². The summed E-state index contributed by atoms with van der Waals surface area (Å²) in [6.07, 6.45) is 3.95. The van der Waals surface area contributed by atoms with E-state index in [9.17, 15) is 0 Å². The number of nitrogens with two attached hydrogens (primary N) is 1. The zero-order valence-corrected chi connectivity index (χ0v) is 6.34. The van der Waals surface area contributed by atoms with Crippen molar-refractivity contribution < 1.29 is 0 Å². The van der Waals surface area contributed by atoms with Crippen molar-refractivity contribution >= 4 is 0 Å². The van der Waals surface area contributed by atoms with Crippen LogP contribution in [0.25, 0.3) is 0 Å². The topological polar surface area (TPSA) is 38.0 Å². The van der Waals surface area contributed by atoms with Crippen LogP contribution in [0.2, 0.25) is 0 Å². The lowest BCUT2D eigenvalue weighted by atomic mass is 9.67. The molecule has 1 saturated carbocycles. The molecule has 3 atom stereocenters. The zero-order valence-electron chi connectivity index (χ0n) is 6.34. The van der Waals surface area contributed by atoms with Crippen LogP contribution in [0.5, 0.6) is 0 Å². The van der Waals surface area contributed by atoms with Gasteiger partial charge in [-0.3, -0.25) is 0 Å². The second-order valence-electron chi connectivity index (χ2n) is 3.65. The van der Waals surface area contributed by atoms with Crippen LogP contribution in [-0.4, -0.2) is 19.1 Å². The fraction of sp³-hybridized carbons (Fsp3) is 1.00. The van der Waals surface area contributed by atoms with Gasteiger partial charge in [-0.25, -0.2) is 0 Å². The van der Waals surface area contributed by atoms with Gasteiger partial charge in [0.25, 0.3) is 0 Å². The summed E-state index contributed by atoms with van der Waals surface area (Å²) in [6.45, 7) is 2.41. The molecular formula is C8H16N2. The summed E-state index contributed by atoms with van der Waals surface area (Å²) in [6, 6.07) is 0.532. The maximum atomic E-state index is 5.87. The van der Waals surface area contributed by atoms with Gasteiger partial charge < -0.3 is 11.1 Å². The summed E-state index contributed by atoms with van der Waals surface area (Å²) < 4.78 is 0. The van der Waals surface area contributed by atoms with Crippen molar-refractivity contribution in [3.8, 4) is 0 Å². The lowest BCUT2D eigenvalue weighted by Crippen LogP contribution is -2.47. The zero-order chi connectivity index (χ0) is 6.97. The maximum absolute atomic E-state index is 5.87. The van der Waals surface area contributed by atoms with E-state index in [0.717, 1.165) is 11.8 Å². The smallest absolute Gasteiger partial charge is 0.00730 e. The third-order valence-corrected chi connectivity index (χ3v) is 3.08. The number of fused-ring (bicyclic) bond motifs is 1. The van der Waals surface area contributed by atoms with Crippen molar-refractivity contribution in [2.45, 2.75) is 25.3 Å². The average molecular weight is 140 g/mol. The minimum Gasteiger partial charge on any atom is -0.327 e. The van der Waals surface area contributed by atoms with Crippen LogP contribution in [0.4, 0.5) is 0 Å². The Morgan fingerprint density at radius 2 is 2.00 bits per heavy atom. The second kappa shape index (κ2) is 2.51. The molecule has 1 saturated heterocycles. The van der Waals surface area contributed by atoms with Crippen LogP contribution in [0.1, 0.15) is 19.3 Å². The van der Waals surface area contributed by atoms with E-state index in [0.29, 0.717) is 6.04 Å². The summed E-state index contributed by atoms with van der Waals surface area (Å²) in [5.41, 5.74) is 5.87. The van der Waals surface area contributed by atoms with E-state index in [1.807, 2.05) is 0 Å². The largest absolute Gasteiger partial charge is 0.327 e. The van der Waals surface area contributed by atoms with Gasteiger partial charge in [-0.2, -0.15) is 0 Å². The van der Waals surface area contributed by atoms with Gasteiger partial charge in [0.2, 0.25) is 0 Å². The van der Waals surface area contributed by atoms with Crippen LogP contribution >= 0.6 is 0 Å². The molecule has 2 heteroatoms. The third-order valence-electron chi connectivity index (χ3n) is 3.08. The molecule has 0 amide bonds. The molecule has 1 aliphatic heterocycles. The molecule has 0 radical (unpaired) electrons. The van der Waals surface area contributed by atoms with E-state index < -0.39 is 0 Å². The molecule has 3 N–H and O–H groups in total. The predicted octanol–water partition coefficient (Wildman–Crippen LogP) is 0.333. The highest BCUT2D eigenvalue weighted by molar-refractivity contribution is 4.93. The maximum Gasteiger partial charge on any atom is 0.00730 e. The fourth-order valence-electron chi connectivity index (χ4n) is 2.32. The van der Waals surface area contributed by atoms with Gasteiger partial charge in [0, 0.05) is 6.04 Å². The third kappa shape index (κ3) is 0.956. The number of nitrogens with one attached hydrogen (secondary N) is 1. The summed E-state index contributed by atoms with van der Waals surface area (Å²) in [7, 11) is 0. The van der Waals surface area contributed by atoms with Crippen molar-refractivity contribution in [2.24, 2.45) is 17.6 Å². The molecule has 0 aromatic carbocycles. The molecular weight excluding hydrogens is 124 g/mol. The van der Waals surface area contributed by atoms with E-state index in [1.54, 1.807) is 0 Å². The Labute approximate surface area is 62.2 Å². The summed E-state index contributed by atoms with van der Waals surface area (Å²) in [5, 5.41) is 3.41. The number of rotatable bonds is 0. The molecule has 2 aliphatic rings. The monoisotopic (exact) mass is 140 g/mol. The van der Waals surface area contributed by atoms with Crippen molar-refractivity contribution in [1.82, 2.24) is 5.32 Å². The molecule has 1 aliphatic carbocycles. The van der Waals surface area contributed by atoms with E-state index in [1.165, 1.54) is 32.4 Å². The second-order valence-corrected chi connectivity index (χ2v) is 3.65. The van der Waals surface area contributed by atoms with Crippen LogP contribution < -0.4 is 11.1 Å². The van der Waals surface area contributed by atoms with Gasteiger partial charge in [-0.1, -0.05) is 0 Å². The van der Waals surface area contributed by atoms with Crippen molar-refractivity contribution in [3.63, 3.8) is 0 Å². The van der Waals surface area contributed by atoms with E-state index in [-0.39, 0.29) is 0 Å². The minimum atomic E-state index is 0.532. The molecule has 0 aromatic heterocycles. The highest BCUT2D eigenvalue weighted by Gasteiger charge is 2.38. The van der Waals surface area contributed by atoms with E-state index >= 15 is 0 Å². The van der Waals surface area contributed by atoms with Gasteiger partial charge in [-0.05, 0) is 44.2 Å². The van der Waals surface area contributed by atoms with Crippen molar-refractivity contribution in [3.05, 3.63) is 0 Å². The predicted molar refractivity (Wildman–Crippen MR) is 41.7 cm³/mol. The van der Waals surface area contributed by atoms with Gasteiger partial charge in [-0.15, -0.1) is 0 Å². The fourth-order valence-corrected chi connectivity index (χ4v) is 2.32. The summed E-state index contributed by atoms with van der Waals surface area (Å²) >= 11 is 0. The Bertz CT molecular complexity index is 124. The van der Waals surface area contributed by atoms with Crippen molar-refractivity contribution in [1.29, 1.82) is 0 Å². The molecule has 2 nitrogen and oxygen atoms in total. The molecule has 1 heterocycles. The first-order valence-corrected chi connectivity index (χ1v) is 4.34. The van der Waals surface area contributed by atoms with Crippen LogP contribution in [-0.2, 0) is 0 Å². The standard InChI is InChI=1S/C8H16N2/c9-8-5-6-1-3-10-4-2-7(6)8/h6-8,10H,1-5,9H2. The Balaban J connectivity index is 1.93. The Morgan fingerprint density at radius 1 is 1.20 bits per heavy atom. The number of hydrogen-bond donors (Lipinski definition) is 2. The van der Waals surface area contributed by atoms with Gasteiger partial charge in [0.05, 0.1) is 0 Å². The molecule has 2 fully saturated rings. The highest BCUT2D eigenvalue weighted by Crippen LogP contribution is 2.38. The average Bonchev–Trinajstić information content (AvgIpc) is 2.09. The quantitative estimate of drug-likeness (QED) is 0.509. The molecule has 0 spiro atoms. The first-order chi connectivity index (χ1) is 4.88.